The summed E-state index contributed by atoms with van der Waals surface area (Å²) in [6.07, 6.45) is 7.42. The van der Waals surface area contributed by atoms with E-state index in [0.717, 1.165) is 18.5 Å². The highest BCUT2D eigenvalue weighted by Crippen LogP contribution is 2.16. The number of halogens is 1. The second-order valence-electron chi connectivity index (χ2n) is 5.11. The summed E-state index contributed by atoms with van der Waals surface area (Å²) in [6.45, 7) is 3.25. The Morgan fingerprint density at radius 2 is 2.06 bits per heavy atom. The molecule has 0 aliphatic heterocycles. The molecule has 0 heterocycles. The van der Waals surface area contributed by atoms with Gasteiger partial charge in [0, 0.05) is 0 Å². The molecule has 0 bridgehead atoms. The van der Waals surface area contributed by atoms with E-state index in [1.807, 2.05) is 13.1 Å². The van der Waals surface area contributed by atoms with Gasteiger partial charge in [-0.1, -0.05) is 44.7 Å². The summed E-state index contributed by atoms with van der Waals surface area (Å²) in [5.41, 5.74) is 1.12. The van der Waals surface area contributed by atoms with E-state index in [4.69, 9.17) is 0 Å². The molecule has 1 rings (SSSR count). The predicted molar refractivity (Wildman–Crippen MR) is 76.3 cm³/mol. The van der Waals surface area contributed by atoms with Crippen molar-refractivity contribution in [3.63, 3.8) is 0 Å². The van der Waals surface area contributed by atoms with Gasteiger partial charge >= 0.3 is 0 Å². The fourth-order valence-electron chi connectivity index (χ4n) is 2.42. The van der Waals surface area contributed by atoms with Crippen LogP contribution in [-0.4, -0.2) is 13.6 Å². The Labute approximate surface area is 111 Å². The Kier molecular flexibility index (Phi) is 7.66. The Bertz CT molecular complexity index is 325. The van der Waals surface area contributed by atoms with Gasteiger partial charge in [-0.3, -0.25) is 0 Å². The lowest BCUT2D eigenvalue weighted by Gasteiger charge is -2.16. The average molecular weight is 251 g/mol. The number of hydrogen-bond donors (Lipinski definition) is 1. The van der Waals surface area contributed by atoms with Gasteiger partial charge < -0.3 is 5.32 Å². The SMILES string of the molecule is CCCCCCC(CNC)Cc1cccc(F)c1. The summed E-state index contributed by atoms with van der Waals surface area (Å²) >= 11 is 0. The van der Waals surface area contributed by atoms with Crippen molar-refractivity contribution in [1.29, 1.82) is 0 Å². The molecule has 0 aliphatic carbocycles. The third-order valence-corrected chi connectivity index (χ3v) is 3.37. The van der Waals surface area contributed by atoms with Gasteiger partial charge in [0.1, 0.15) is 5.82 Å². The Balaban J connectivity index is 2.41. The standard InChI is InChI=1S/C16H26FN/c1-3-4-5-6-8-15(13-18-2)11-14-9-7-10-16(17)12-14/h7,9-10,12,15,18H,3-6,8,11,13H2,1-2H3. The summed E-state index contributed by atoms with van der Waals surface area (Å²) in [5.74, 6) is 0.496. The zero-order valence-electron chi connectivity index (χ0n) is 11.7. The molecule has 1 aromatic carbocycles. The summed E-state index contributed by atoms with van der Waals surface area (Å²) < 4.78 is 13.1. The molecule has 1 aromatic rings. The minimum absolute atomic E-state index is 0.123. The molecule has 0 amide bonds. The van der Waals surface area contributed by atoms with E-state index < -0.39 is 0 Å². The molecule has 102 valence electrons. The first-order valence-corrected chi connectivity index (χ1v) is 7.15. The van der Waals surface area contributed by atoms with Crippen molar-refractivity contribution in [3.8, 4) is 0 Å². The van der Waals surface area contributed by atoms with Gasteiger partial charge in [-0.2, -0.15) is 0 Å². The molecule has 1 unspecified atom stereocenters. The Morgan fingerprint density at radius 3 is 2.72 bits per heavy atom. The quantitative estimate of drug-likeness (QED) is 0.649. The maximum Gasteiger partial charge on any atom is 0.123 e. The second-order valence-corrected chi connectivity index (χ2v) is 5.11. The van der Waals surface area contributed by atoms with Crippen molar-refractivity contribution >= 4 is 0 Å². The highest BCUT2D eigenvalue weighted by atomic mass is 19.1. The normalized spacial score (nSPS) is 12.6. The van der Waals surface area contributed by atoms with Crippen molar-refractivity contribution in [1.82, 2.24) is 5.32 Å². The molecule has 0 fully saturated rings. The number of hydrogen-bond acceptors (Lipinski definition) is 1. The largest absolute Gasteiger partial charge is 0.319 e. The minimum atomic E-state index is -0.123. The van der Waals surface area contributed by atoms with Crippen LogP contribution < -0.4 is 5.32 Å². The minimum Gasteiger partial charge on any atom is -0.319 e. The molecule has 0 aliphatic rings. The Hall–Kier alpha value is -0.890. The monoisotopic (exact) mass is 251 g/mol. The van der Waals surface area contributed by atoms with Crippen LogP contribution >= 0.6 is 0 Å². The fraction of sp³-hybridized carbons (Fsp3) is 0.625. The first-order valence-electron chi connectivity index (χ1n) is 7.15. The highest BCUT2D eigenvalue weighted by molar-refractivity contribution is 5.16. The number of nitrogens with one attached hydrogen (secondary N) is 1. The molecule has 0 saturated carbocycles. The van der Waals surface area contributed by atoms with Gasteiger partial charge in [0.15, 0.2) is 0 Å². The van der Waals surface area contributed by atoms with Gasteiger partial charge in [0.05, 0.1) is 0 Å². The topological polar surface area (TPSA) is 12.0 Å². The van der Waals surface area contributed by atoms with Gasteiger partial charge in [0.25, 0.3) is 0 Å². The molecule has 18 heavy (non-hydrogen) atoms. The van der Waals surface area contributed by atoms with Crippen molar-refractivity contribution in [2.45, 2.75) is 45.4 Å². The zero-order chi connectivity index (χ0) is 13.2. The van der Waals surface area contributed by atoms with Crippen LogP contribution in [0.1, 0.15) is 44.6 Å². The molecule has 0 saturated heterocycles. The molecule has 1 nitrogen and oxygen atoms in total. The van der Waals surface area contributed by atoms with Crippen LogP contribution in [0.15, 0.2) is 24.3 Å². The van der Waals surface area contributed by atoms with Crippen molar-refractivity contribution < 1.29 is 4.39 Å². The maximum absolute atomic E-state index is 13.1. The van der Waals surface area contributed by atoms with Gasteiger partial charge in [-0.15, -0.1) is 0 Å². The number of benzene rings is 1. The summed E-state index contributed by atoms with van der Waals surface area (Å²) in [6, 6.07) is 7.00. The molecule has 2 heteroatoms. The van der Waals surface area contributed by atoms with Gasteiger partial charge in [-0.25, -0.2) is 4.39 Å². The molecular formula is C16H26FN. The van der Waals surface area contributed by atoms with E-state index in [9.17, 15) is 4.39 Å². The first kappa shape index (κ1) is 15.2. The first-order chi connectivity index (χ1) is 8.76. The number of rotatable bonds is 9. The summed E-state index contributed by atoms with van der Waals surface area (Å²) in [7, 11) is 1.99. The molecule has 0 spiro atoms. The van der Waals surface area contributed by atoms with E-state index >= 15 is 0 Å². The molecule has 0 aromatic heterocycles. The maximum atomic E-state index is 13.1. The summed E-state index contributed by atoms with van der Waals surface area (Å²) in [5, 5.41) is 3.25. The summed E-state index contributed by atoms with van der Waals surface area (Å²) in [4.78, 5) is 0. The smallest absolute Gasteiger partial charge is 0.123 e. The lowest BCUT2D eigenvalue weighted by molar-refractivity contribution is 0.434. The fourth-order valence-corrected chi connectivity index (χ4v) is 2.42. The van der Waals surface area contributed by atoms with Crippen LogP contribution in [0.4, 0.5) is 4.39 Å². The van der Waals surface area contributed by atoms with E-state index in [1.54, 1.807) is 12.1 Å². The zero-order valence-corrected chi connectivity index (χ0v) is 11.7. The van der Waals surface area contributed by atoms with Crippen molar-refractivity contribution in [3.05, 3.63) is 35.6 Å². The lowest BCUT2D eigenvalue weighted by Crippen LogP contribution is -2.20. The molecule has 1 atom stereocenters. The van der Waals surface area contributed by atoms with E-state index in [-0.39, 0.29) is 5.82 Å². The predicted octanol–water partition coefficient (Wildman–Crippen LogP) is 4.17. The molecule has 0 radical (unpaired) electrons. The lowest BCUT2D eigenvalue weighted by atomic mass is 9.93. The van der Waals surface area contributed by atoms with Gasteiger partial charge in [0.2, 0.25) is 0 Å². The molecular weight excluding hydrogens is 225 g/mol. The van der Waals surface area contributed by atoms with Crippen molar-refractivity contribution in [2.75, 3.05) is 13.6 Å². The van der Waals surface area contributed by atoms with E-state index in [0.29, 0.717) is 5.92 Å². The van der Waals surface area contributed by atoms with E-state index in [1.165, 1.54) is 38.2 Å². The molecule has 1 N–H and O–H groups in total. The number of unbranched alkanes of at least 4 members (excludes halogenated alkanes) is 3. The van der Waals surface area contributed by atoms with Crippen LogP contribution in [0.2, 0.25) is 0 Å². The second kappa shape index (κ2) is 9.09. The van der Waals surface area contributed by atoms with Crippen LogP contribution in [0.3, 0.4) is 0 Å². The third kappa shape index (κ3) is 6.15. The third-order valence-electron chi connectivity index (χ3n) is 3.37. The van der Waals surface area contributed by atoms with Crippen molar-refractivity contribution in [2.24, 2.45) is 5.92 Å². The van der Waals surface area contributed by atoms with Gasteiger partial charge in [-0.05, 0) is 50.0 Å². The average Bonchev–Trinajstić information content (AvgIpc) is 2.35. The Morgan fingerprint density at radius 1 is 1.22 bits per heavy atom. The highest BCUT2D eigenvalue weighted by Gasteiger charge is 2.09. The van der Waals surface area contributed by atoms with Crippen LogP contribution in [0.25, 0.3) is 0 Å². The van der Waals surface area contributed by atoms with Crippen LogP contribution in [0.5, 0.6) is 0 Å². The van der Waals surface area contributed by atoms with E-state index in [2.05, 4.69) is 12.2 Å². The van der Waals surface area contributed by atoms with Crippen LogP contribution in [-0.2, 0) is 6.42 Å². The van der Waals surface area contributed by atoms with Crippen LogP contribution in [0, 0.1) is 11.7 Å².